The van der Waals surface area contributed by atoms with Gasteiger partial charge in [-0.25, -0.2) is 0 Å². The summed E-state index contributed by atoms with van der Waals surface area (Å²) < 4.78 is 5.35. The van der Waals surface area contributed by atoms with Crippen LogP contribution < -0.4 is 16.0 Å². The maximum atomic E-state index is 12.0. The first-order valence-corrected chi connectivity index (χ1v) is 8.60. The van der Waals surface area contributed by atoms with Crippen LogP contribution >= 0.6 is 0 Å². The van der Waals surface area contributed by atoms with Crippen LogP contribution in [0, 0.1) is 5.41 Å². The van der Waals surface area contributed by atoms with Crippen molar-refractivity contribution in [2.75, 3.05) is 59.0 Å². The van der Waals surface area contributed by atoms with E-state index >= 15 is 0 Å². The lowest BCUT2D eigenvalue weighted by atomic mass is 9.92. The highest BCUT2D eigenvalue weighted by molar-refractivity contribution is 5.83. The molecule has 0 unspecified atom stereocenters. The average Bonchev–Trinajstić information content (AvgIpc) is 2.54. The lowest BCUT2D eigenvalue weighted by Gasteiger charge is -2.27. The fourth-order valence-corrected chi connectivity index (χ4v) is 2.25. The van der Waals surface area contributed by atoms with Gasteiger partial charge in [-0.1, -0.05) is 0 Å². The molecule has 0 saturated carbocycles. The molecule has 3 N–H and O–H groups in total. The molecular formula is C16H33N5O2. The van der Waals surface area contributed by atoms with Crippen molar-refractivity contribution in [1.29, 1.82) is 0 Å². The number of amides is 1. The number of nitrogens with zero attached hydrogens (tertiary/aromatic N) is 2. The molecule has 0 atom stereocenters. The van der Waals surface area contributed by atoms with Crippen LogP contribution in [-0.2, 0) is 9.53 Å². The van der Waals surface area contributed by atoms with E-state index in [4.69, 9.17) is 4.74 Å². The van der Waals surface area contributed by atoms with Crippen molar-refractivity contribution in [2.45, 2.75) is 27.7 Å². The molecule has 23 heavy (non-hydrogen) atoms. The monoisotopic (exact) mass is 327 g/mol. The quantitative estimate of drug-likeness (QED) is 0.433. The van der Waals surface area contributed by atoms with Gasteiger partial charge in [-0.2, -0.15) is 0 Å². The minimum absolute atomic E-state index is 0.0351. The van der Waals surface area contributed by atoms with E-state index in [-0.39, 0.29) is 5.91 Å². The van der Waals surface area contributed by atoms with Gasteiger partial charge in [0.05, 0.1) is 25.2 Å². The largest absolute Gasteiger partial charge is 0.379 e. The third kappa shape index (κ3) is 7.65. The van der Waals surface area contributed by atoms with Crippen LogP contribution in [0.1, 0.15) is 27.7 Å². The number of hydrogen-bond acceptors (Lipinski definition) is 4. The Morgan fingerprint density at radius 2 is 1.78 bits per heavy atom. The Morgan fingerprint density at radius 3 is 2.39 bits per heavy atom. The van der Waals surface area contributed by atoms with Gasteiger partial charge in [-0.15, -0.1) is 0 Å². The summed E-state index contributed by atoms with van der Waals surface area (Å²) in [5.74, 6) is 0.797. The van der Waals surface area contributed by atoms with Gasteiger partial charge in [0.25, 0.3) is 0 Å². The maximum Gasteiger partial charge on any atom is 0.227 e. The second-order valence-electron chi connectivity index (χ2n) is 6.32. The molecular weight excluding hydrogens is 294 g/mol. The second-order valence-corrected chi connectivity index (χ2v) is 6.32. The van der Waals surface area contributed by atoms with Gasteiger partial charge in [-0.3, -0.25) is 14.7 Å². The highest BCUT2D eigenvalue weighted by atomic mass is 16.5. The summed E-state index contributed by atoms with van der Waals surface area (Å²) in [4.78, 5) is 19.0. The highest BCUT2D eigenvalue weighted by Gasteiger charge is 2.26. The predicted octanol–water partition coefficient (Wildman–Crippen LogP) is 0.0360. The maximum absolute atomic E-state index is 12.0. The Kier molecular flexibility index (Phi) is 8.94. The molecule has 134 valence electrons. The molecule has 7 nitrogen and oxygen atoms in total. The Bertz CT molecular complexity index is 379. The molecule has 0 spiro atoms. The van der Waals surface area contributed by atoms with Crippen LogP contribution in [-0.4, -0.2) is 75.8 Å². The standard InChI is InChI=1S/C16H33N5O2/c1-5-17-14(22)16(3,4)13-20-15(18-6-2)19-7-8-21-9-11-23-12-10-21/h5-13H2,1-4H3,(H,17,22)(H2,18,19,20). The first-order chi connectivity index (χ1) is 11.0. The number of carbonyl (C=O) groups is 1. The number of morpholine rings is 1. The molecule has 7 heteroatoms. The van der Waals surface area contributed by atoms with E-state index in [1.165, 1.54) is 0 Å². The minimum atomic E-state index is -0.511. The van der Waals surface area contributed by atoms with Crippen molar-refractivity contribution >= 4 is 11.9 Å². The summed E-state index contributed by atoms with van der Waals surface area (Å²) in [6, 6.07) is 0. The molecule has 1 rings (SSSR count). The van der Waals surface area contributed by atoms with Gasteiger partial charge in [0.15, 0.2) is 5.96 Å². The van der Waals surface area contributed by atoms with E-state index in [0.717, 1.165) is 51.9 Å². The summed E-state index contributed by atoms with van der Waals surface area (Å²) in [6.45, 7) is 15.1. The molecule has 0 aromatic carbocycles. The van der Waals surface area contributed by atoms with Crippen LogP contribution in [0.5, 0.6) is 0 Å². The molecule has 1 aliphatic rings. The Morgan fingerprint density at radius 1 is 1.13 bits per heavy atom. The zero-order chi connectivity index (χ0) is 17.1. The van der Waals surface area contributed by atoms with Crippen molar-refractivity contribution in [3.05, 3.63) is 0 Å². The zero-order valence-corrected chi connectivity index (χ0v) is 15.1. The number of guanidine groups is 1. The van der Waals surface area contributed by atoms with Crippen molar-refractivity contribution in [1.82, 2.24) is 20.9 Å². The van der Waals surface area contributed by atoms with E-state index in [9.17, 15) is 4.79 Å². The lowest BCUT2D eigenvalue weighted by Crippen LogP contribution is -2.45. The van der Waals surface area contributed by atoms with Gasteiger partial charge in [0, 0.05) is 39.3 Å². The van der Waals surface area contributed by atoms with Crippen LogP contribution in [0.2, 0.25) is 0 Å². The van der Waals surface area contributed by atoms with Gasteiger partial charge in [0.1, 0.15) is 0 Å². The number of carbonyl (C=O) groups excluding carboxylic acids is 1. The summed E-state index contributed by atoms with van der Waals surface area (Å²) in [5, 5.41) is 9.42. The first-order valence-electron chi connectivity index (χ1n) is 8.60. The number of ether oxygens (including phenoxy) is 1. The van der Waals surface area contributed by atoms with Crippen LogP contribution in [0.15, 0.2) is 4.99 Å². The average molecular weight is 327 g/mol. The van der Waals surface area contributed by atoms with Crippen molar-refractivity contribution in [3.63, 3.8) is 0 Å². The second kappa shape index (κ2) is 10.4. The van der Waals surface area contributed by atoms with Crippen molar-refractivity contribution < 1.29 is 9.53 Å². The van der Waals surface area contributed by atoms with E-state index in [0.29, 0.717) is 13.1 Å². The molecule has 0 aromatic heterocycles. The van der Waals surface area contributed by atoms with E-state index in [1.54, 1.807) is 0 Å². The van der Waals surface area contributed by atoms with Crippen LogP contribution in [0.4, 0.5) is 0 Å². The SMILES string of the molecule is CCNC(=O)C(C)(C)CN=C(NCC)NCCN1CCOCC1. The number of nitrogens with one attached hydrogen (secondary N) is 3. The third-order valence-electron chi connectivity index (χ3n) is 3.75. The summed E-state index contributed by atoms with van der Waals surface area (Å²) in [5.41, 5.74) is -0.511. The van der Waals surface area contributed by atoms with E-state index in [2.05, 4.69) is 25.8 Å². The molecule has 1 amide bonds. The fraction of sp³-hybridized carbons (Fsp3) is 0.875. The van der Waals surface area contributed by atoms with Gasteiger partial charge in [0.2, 0.25) is 5.91 Å². The third-order valence-corrected chi connectivity index (χ3v) is 3.75. The molecule has 1 saturated heterocycles. The van der Waals surface area contributed by atoms with E-state index in [1.807, 2.05) is 27.7 Å². The summed E-state index contributed by atoms with van der Waals surface area (Å²) >= 11 is 0. The Hall–Kier alpha value is -1.34. The van der Waals surface area contributed by atoms with Gasteiger partial charge < -0.3 is 20.7 Å². The highest BCUT2D eigenvalue weighted by Crippen LogP contribution is 2.15. The van der Waals surface area contributed by atoms with Gasteiger partial charge in [-0.05, 0) is 27.7 Å². The normalized spacial score (nSPS) is 17.0. The van der Waals surface area contributed by atoms with Crippen LogP contribution in [0.3, 0.4) is 0 Å². The van der Waals surface area contributed by atoms with Gasteiger partial charge >= 0.3 is 0 Å². The molecule has 0 aliphatic carbocycles. The molecule has 1 heterocycles. The summed E-state index contributed by atoms with van der Waals surface area (Å²) in [6.07, 6.45) is 0. The van der Waals surface area contributed by atoms with Crippen molar-refractivity contribution in [3.8, 4) is 0 Å². The molecule has 0 bridgehead atoms. The number of rotatable bonds is 8. The van der Waals surface area contributed by atoms with E-state index < -0.39 is 5.41 Å². The first kappa shape index (κ1) is 19.7. The Labute approximate surface area is 140 Å². The Balaban J connectivity index is 2.43. The number of aliphatic imine (C=N–C) groups is 1. The van der Waals surface area contributed by atoms with Crippen molar-refractivity contribution in [2.24, 2.45) is 10.4 Å². The topological polar surface area (TPSA) is 78.0 Å². The fourth-order valence-electron chi connectivity index (χ4n) is 2.25. The molecule has 1 fully saturated rings. The number of hydrogen-bond donors (Lipinski definition) is 3. The molecule has 0 aromatic rings. The zero-order valence-electron chi connectivity index (χ0n) is 15.1. The molecule has 0 radical (unpaired) electrons. The predicted molar refractivity (Wildman–Crippen MR) is 93.7 cm³/mol. The summed E-state index contributed by atoms with van der Waals surface area (Å²) in [7, 11) is 0. The molecule has 1 aliphatic heterocycles. The smallest absolute Gasteiger partial charge is 0.227 e. The minimum Gasteiger partial charge on any atom is -0.379 e. The lowest BCUT2D eigenvalue weighted by molar-refractivity contribution is -0.128. The van der Waals surface area contributed by atoms with Crippen LogP contribution in [0.25, 0.3) is 0 Å².